The highest BCUT2D eigenvalue weighted by molar-refractivity contribution is 5.40. The normalized spacial score (nSPS) is 15.2. The van der Waals surface area contributed by atoms with Crippen molar-refractivity contribution in [3.8, 4) is 11.8 Å². The second kappa shape index (κ2) is 7.29. The van der Waals surface area contributed by atoms with Crippen LogP contribution < -0.4 is 19.3 Å². The van der Waals surface area contributed by atoms with E-state index < -0.39 is 0 Å². The summed E-state index contributed by atoms with van der Waals surface area (Å²) < 4.78 is 10.5. The van der Waals surface area contributed by atoms with Crippen LogP contribution in [0, 0.1) is 0 Å². The molecule has 0 bridgehead atoms. The lowest BCUT2D eigenvalue weighted by molar-refractivity contribution is 0.370. The first-order valence-electron chi connectivity index (χ1n) is 7.92. The Hall–Kier alpha value is -2.64. The topological polar surface area (TPSA) is 76.5 Å². The van der Waals surface area contributed by atoms with E-state index in [0.29, 0.717) is 23.8 Å². The van der Waals surface area contributed by atoms with Crippen molar-refractivity contribution in [1.29, 1.82) is 0 Å². The average Bonchev–Trinajstić information content (AvgIpc) is 2.67. The van der Waals surface area contributed by atoms with E-state index in [1.54, 1.807) is 32.8 Å². The van der Waals surface area contributed by atoms with E-state index in [1.165, 1.54) is 0 Å². The summed E-state index contributed by atoms with van der Waals surface area (Å²) in [6.07, 6.45) is 5.36. The summed E-state index contributed by atoms with van der Waals surface area (Å²) in [5.74, 6) is 2.62. The smallest absolute Gasteiger partial charge is 0.231 e. The Kier molecular flexibility index (Phi) is 4.93. The highest BCUT2D eigenvalue weighted by atomic mass is 16.5. The van der Waals surface area contributed by atoms with Gasteiger partial charge in [0.05, 0.1) is 20.3 Å². The molecule has 3 heterocycles. The van der Waals surface area contributed by atoms with Crippen molar-refractivity contribution in [2.75, 3.05) is 44.2 Å². The molecule has 0 amide bonds. The Bertz CT molecular complexity index is 639. The van der Waals surface area contributed by atoms with Crippen LogP contribution in [-0.2, 0) is 0 Å². The third kappa shape index (κ3) is 3.47. The van der Waals surface area contributed by atoms with E-state index in [-0.39, 0.29) is 0 Å². The number of aromatic nitrogens is 4. The van der Waals surface area contributed by atoms with Crippen LogP contribution in [-0.4, -0.2) is 60.3 Å². The van der Waals surface area contributed by atoms with Gasteiger partial charge in [0.2, 0.25) is 17.7 Å². The summed E-state index contributed by atoms with van der Waals surface area (Å²) in [6, 6.07) is 4.05. The van der Waals surface area contributed by atoms with Crippen molar-refractivity contribution in [3.63, 3.8) is 0 Å². The number of anilines is 2. The van der Waals surface area contributed by atoms with Crippen LogP contribution in [0.4, 0.5) is 11.8 Å². The van der Waals surface area contributed by atoms with Crippen molar-refractivity contribution >= 4 is 11.8 Å². The second-order valence-electron chi connectivity index (χ2n) is 5.65. The lowest BCUT2D eigenvalue weighted by Crippen LogP contribution is -2.44. The largest absolute Gasteiger partial charge is 0.481 e. The van der Waals surface area contributed by atoms with E-state index in [2.05, 4.69) is 36.8 Å². The van der Waals surface area contributed by atoms with Crippen molar-refractivity contribution < 1.29 is 9.47 Å². The zero-order valence-electron chi connectivity index (χ0n) is 14.2. The Morgan fingerprint density at radius 3 is 2.33 bits per heavy atom. The minimum Gasteiger partial charge on any atom is -0.481 e. The van der Waals surface area contributed by atoms with Gasteiger partial charge in [0, 0.05) is 32.4 Å². The van der Waals surface area contributed by atoms with Crippen LogP contribution in [0.5, 0.6) is 11.8 Å². The van der Waals surface area contributed by atoms with Crippen LogP contribution in [0.15, 0.2) is 24.7 Å². The fraction of sp³-hybridized carbons (Fsp3) is 0.500. The van der Waals surface area contributed by atoms with Crippen LogP contribution in [0.2, 0.25) is 0 Å². The van der Waals surface area contributed by atoms with E-state index in [1.807, 2.05) is 6.07 Å². The predicted molar refractivity (Wildman–Crippen MR) is 90.8 cm³/mol. The van der Waals surface area contributed by atoms with Gasteiger partial charge < -0.3 is 19.3 Å². The molecule has 0 atom stereocenters. The fourth-order valence-corrected chi connectivity index (χ4v) is 2.88. The van der Waals surface area contributed by atoms with Gasteiger partial charge in [-0.1, -0.05) is 0 Å². The first kappa shape index (κ1) is 16.2. The van der Waals surface area contributed by atoms with E-state index >= 15 is 0 Å². The summed E-state index contributed by atoms with van der Waals surface area (Å²) in [6.45, 7) is 1.74. The molecule has 1 aliphatic heterocycles. The minimum atomic E-state index is 0.434. The maximum Gasteiger partial charge on any atom is 0.231 e. The number of hydrogen-bond donors (Lipinski definition) is 0. The van der Waals surface area contributed by atoms with Crippen molar-refractivity contribution in [1.82, 2.24) is 19.9 Å². The summed E-state index contributed by atoms with van der Waals surface area (Å²) in [5.41, 5.74) is 0. The van der Waals surface area contributed by atoms with Gasteiger partial charge in [0.1, 0.15) is 12.1 Å². The first-order chi connectivity index (χ1) is 11.7. The third-order valence-corrected chi connectivity index (χ3v) is 4.31. The molecule has 3 rings (SSSR count). The van der Waals surface area contributed by atoms with E-state index in [0.717, 1.165) is 31.7 Å². The Balaban J connectivity index is 1.67. The number of methoxy groups -OCH3 is 2. The monoisotopic (exact) mass is 330 g/mol. The van der Waals surface area contributed by atoms with Gasteiger partial charge in [-0.2, -0.15) is 9.97 Å². The molecular weight excluding hydrogens is 308 g/mol. The highest BCUT2D eigenvalue weighted by Crippen LogP contribution is 2.25. The van der Waals surface area contributed by atoms with Gasteiger partial charge in [0.15, 0.2) is 0 Å². The van der Waals surface area contributed by atoms with Gasteiger partial charge in [-0.3, -0.25) is 0 Å². The Morgan fingerprint density at radius 2 is 1.79 bits per heavy atom. The molecule has 0 saturated carbocycles. The quantitative estimate of drug-likeness (QED) is 0.814. The SMILES string of the molecule is COc1cc(OC)nc(N2CCC(N(C)c3ccncn3)CC2)n1. The zero-order chi connectivity index (χ0) is 16.9. The maximum absolute atomic E-state index is 5.23. The molecule has 2 aromatic heterocycles. The number of ether oxygens (including phenoxy) is 2. The van der Waals surface area contributed by atoms with Gasteiger partial charge in [-0.25, -0.2) is 9.97 Å². The van der Waals surface area contributed by atoms with Gasteiger partial charge in [0.25, 0.3) is 0 Å². The third-order valence-electron chi connectivity index (χ3n) is 4.31. The Morgan fingerprint density at radius 1 is 1.12 bits per heavy atom. The molecule has 0 unspecified atom stereocenters. The molecule has 0 radical (unpaired) electrons. The lowest BCUT2D eigenvalue weighted by atomic mass is 10.0. The van der Waals surface area contributed by atoms with Crippen LogP contribution in [0.25, 0.3) is 0 Å². The maximum atomic E-state index is 5.23. The van der Waals surface area contributed by atoms with Crippen molar-refractivity contribution in [2.45, 2.75) is 18.9 Å². The number of rotatable bonds is 5. The zero-order valence-corrected chi connectivity index (χ0v) is 14.2. The number of hydrogen-bond acceptors (Lipinski definition) is 8. The van der Waals surface area contributed by atoms with E-state index in [4.69, 9.17) is 9.47 Å². The molecule has 1 aliphatic rings. The number of piperidine rings is 1. The summed E-state index contributed by atoms with van der Waals surface area (Å²) in [5, 5.41) is 0. The molecule has 1 saturated heterocycles. The molecule has 24 heavy (non-hydrogen) atoms. The molecule has 8 nitrogen and oxygen atoms in total. The molecule has 0 spiro atoms. The highest BCUT2D eigenvalue weighted by Gasteiger charge is 2.25. The predicted octanol–water partition coefficient (Wildman–Crippen LogP) is 1.39. The second-order valence-corrected chi connectivity index (χ2v) is 5.65. The number of nitrogens with zero attached hydrogens (tertiary/aromatic N) is 6. The molecule has 0 N–H and O–H groups in total. The van der Waals surface area contributed by atoms with Crippen LogP contribution >= 0.6 is 0 Å². The average molecular weight is 330 g/mol. The summed E-state index contributed by atoms with van der Waals surface area (Å²) in [4.78, 5) is 21.5. The van der Waals surface area contributed by atoms with Gasteiger partial charge in [-0.05, 0) is 18.9 Å². The molecule has 0 aromatic carbocycles. The molecule has 0 aliphatic carbocycles. The standard InChI is InChI=1S/C16H22N6O2/c1-21(13-4-7-17-11-18-13)12-5-8-22(9-6-12)16-19-14(23-2)10-15(20-16)24-3/h4,7,10-12H,5-6,8-9H2,1-3H3. The van der Waals surface area contributed by atoms with Gasteiger partial charge >= 0.3 is 0 Å². The summed E-state index contributed by atoms with van der Waals surface area (Å²) >= 11 is 0. The van der Waals surface area contributed by atoms with Crippen molar-refractivity contribution in [3.05, 3.63) is 24.7 Å². The summed E-state index contributed by atoms with van der Waals surface area (Å²) in [7, 11) is 5.26. The Labute approximate surface area is 141 Å². The minimum absolute atomic E-state index is 0.434. The van der Waals surface area contributed by atoms with Crippen molar-refractivity contribution in [2.24, 2.45) is 0 Å². The van der Waals surface area contributed by atoms with E-state index in [9.17, 15) is 0 Å². The first-order valence-corrected chi connectivity index (χ1v) is 7.92. The molecule has 2 aromatic rings. The molecule has 128 valence electrons. The van der Waals surface area contributed by atoms with Crippen LogP contribution in [0.3, 0.4) is 0 Å². The lowest BCUT2D eigenvalue weighted by Gasteiger charge is -2.37. The molecule has 1 fully saturated rings. The fourth-order valence-electron chi connectivity index (χ4n) is 2.88. The van der Waals surface area contributed by atoms with Gasteiger partial charge in [-0.15, -0.1) is 0 Å². The van der Waals surface area contributed by atoms with Crippen LogP contribution in [0.1, 0.15) is 12.8 Å². The molecular formula is C16H22N6O2. The molecule has 8 heteroatoms.